The van der Waals surface area contributed by atoms with Crippen LogP contribution in [-0.2, 0) is 0 Å². The number of benzene rings is 2. The van der Waals surface area contributed by atoms with Crippen molar-refractivity contribution in [1.82, 2.24) is 4.90 Å². The molecule has 0 aliphatic heterocycles. The van der Waals surface area contributed by atoms with Crippen molar-refractivity contribution >= 4 is 29.3 Å². The van der Waals surface area contributed by atoms with E-state index in [2.05, 4.69) is 0 Å². The second kappa shape index (κ2) is 9.89. The fourth-order valence-corrected chi connectivity index (χ4v) is 2.57. The molecule has 0 aliphatic rings. The third-order valence-electron chi connectivity index (χ3n) is 3.55. The first-order valence-corrected chi connectivity index (χ1v) is 8.83. The number of hydrogen-bond acceptors (Lipinski definition) is 3. The molecule has 1 N–H and O–H groups in total. The maximum absolute atomic E-state index is 13.1. The number of rotatable bonds is 9. The highest BCUT2D eigenvalue weighted by molar-refractivity contribution is 6.32. The molecular weight excluding hydrogens is 441 g/mol. The van der Waals surface area contributed by atoms with Crippen molar-refractivity contribution in [3.63, 3.8) is 0 Å². The molecule has 2 aromatic rings. The lowest BCUT2D eigenvalue weighted by Crippen LogP contribution is -2.45. The van der Waals surface area contributed by atoms with Crippen LogP contribution in [0.15, 0.2) is 42.5 Å². The topological polar surface area (TPSA) is 59.0 Å². The van der Waals surface area contributed by atoms with Crippen molar-refractivity contribution in [3.8, 4) is 17.2 Å². The van der Waals surface area contributed by atoms with Gasteiger partial charge in [0, 0.05) is 11.1 Å². The zero-order valence-electron chi connectivity index (χ0n) is 14.6. The molecule has 2 aromatic carbocycles. The van der Waals surface area contributed by atoms with Crippen LogP contribution in [0.4, 0.5) is 22.4 Å². The van der Waals surface area contributed by atoms with Crippen LogP contribution in [0, 0.1) is 0 Å². The van der Waals surface area contributed by atoms with Crippen molar-refractivity contribution in [2.75, 3.05) is 19.7 Å². The van der Waals surface area contributed by atoms with Gasteiger partial charge in [-0.25, -0.2) is 13.6 Å². The van der Waals surface area contributed by atoms with Gasteiger partial charge in [0.25, 0.3) is 0 Å². The zero-order valence-corrected chi connectivity index (χ0v) is 16.1. The molecule has 0 bridgehead atoms. The summed E-state index contributed by atoms with van der Waals surface area (Å²) < 4.78 is 61.5. The molecule has 0 fully saturated rings. The van der Waals surface area contributed by atoms with Crippen molar-refractivity contribution in [1.29, 1.82) is 0 Å². The predicted molar refractivity (Wildman–Crippen MR) is 99.0 cm³/mol. The molecule has 0 aromatic heterocycles. The first-order chi connectivity index (χ1) is 13.6. The van der Waals surface area contributed by atoms with Gasteiger partial charge in [0.15, 0.2) is 0 Å². The quantitative estimate of drug-likeness (QED) is 0.467. The second-order valence-corrected chi connectivity index (χ2v) is 6.61. The highest BCUT2D eigenvalue weighted by Crippen LogP contribution is 2.32. The third-order valence-corrected chi connectivity index (χ3v) is 4.08. The van der Waals surface area contributed by atoms with E-state index in [1.54, 1.807) is 24.3 Å². The van der Waals surface area contributed by atoms with Crippen molar-refractivity contribution in [2.24, 2.45) is 0 Å². The summed E-state index contributed by atoms with van der Waals surface area (Å²) in [5.41, 5.74) is 0. The molecule has 11 heteroatoms. The molecule has 5 nitrogen and oxygen atoms in total. The van der Waals surface area contributed by atoms with Gasteiger partial charge in [-0.05, 0) is 30.3 Å². The number of nitrogens with zero attached hydrogens (tertiary/aromatic N) is 1. The largest absolute Gasteiger partial charge is 0.490 e. The molecule has 2 rings (SSSR count). The van der Waals surface area contributed by atoms with Crippen LogP contribution in [0.5, 0.6) is 17.2 Å². The summed E-state index contributed by atoms with van der Waals surface area (Å²) in [4.78, 5) is 11.1. The summed E-state index contributed by atoms with van der Waals surface area (Å²) in [6.07, 6.45) is -5.75. The minimum atomic E-state index is -4.46. The van der Waals surface area contributed by atoms with Gasteiger partial charge in [-0.15, -0.1) is 0 Å². The van der Waals surface area contributed by atoms with Gasteiger partial charge in [-0.3, -0.25) is 4.90 Å². The van der Waals surface area contributed by atoms with E-state index in [0.717, 1.165) is 0 Å². The summed E-state index contributed by atoms with van der Waals surface area (Å²) in [5, 5.41) is 9.50. The average molecular weight is 456 g/mol. The number of hydrogen-bond donors (Lipinski definition) is 1. The zero-order chi connectivity index (χ0) is 21.6. The van der Waals surface area contributed by atoms with Crippen molar-refractivity contribution in [2.45, 2.75) is 12.3 Å². The Morgan fingerprint density at radius 3 is 2.41 bits per heavy atom. The third kappa shape index (κ3) is 6.86. The Morgan fingerprint density at radius 1 is 1.14 bits per heavy atom. The van der Waals surface area contributed by atoms with E-state index in [0.29, 0.717) is 16.5 Å². The Morgan fingerprint density at radius 2 is 1.83 bits per heavy atom. The molecule has 0 atom stereocenters. The van der Waals surface area contributed by atoms with Crippen molar-refractivity contribution in [3.05, 3.63) is 52.5 Å². The molecule has 158 valence electrons. The van der Waals surface area contributed by atoms with Crippen LogP contribution in [0.1, 0.15) is 0 Å². The Labute approximate surface area is 173 Å². The molecule has 0 spiro atoms. The standard InChI is InChI=1S/C18H15Cl2F4NO4/c19-11-2-1-3-12(8-11)29-13-4-5-15(14(20)9-13)28-7-6-25(17(26)27)10-18(23,24)16(21)22/h1-5,8-9,16H,6-7,10H2,(H,26,27). The lowest BCUT2D eigenvalue weighted by Gasteiger charge is -2.24. The first-order valence-electron chi connectivity index (χ1n) is 8.08. The van der Waals surface area contributed by atoms with E-state index < -0.39 is 31.5 Å². The first kappa shape index (κ1) is 22.9. The fraction of sp³-hybridized carbons (Fsp3) is 0.278. The number of alkyl halides is 4. The van der Waals surface area contributed by atoms with Gasteiger partial charge >= 0.3 is 18.4 Å². The van der Waals surface area contributed by atoms with Gasteiger partial charge < -0.3 is 14.6 Å². The normalized spacial score (nSPS) is 11.4. The van der Waals surface area contributed by atoms with Gasteiger partial charge in [0.2, 0.25) is 0 Å². The van der Waals surface area contributed by atoms with Gasteiger partial charge in [-0.1, -0.05) is 29.3 Å². The lowest BCUT2D eigenvalue weighted by atomic mass is 10.3. The van der Waals surface area contributed by atoms with E-state index in [4.69, 9.17) is 37.8 Å². The second-order valence-electron chi connectivity index (χ2n) is 5.77. The van der Waals surface area contributed by atoms with Crippen LogP contribution >= 0.6 is 23.2 Å². The lowest BCUT2D eigenvalue weighted by molar-refractivity contribution is -0.139. The van der Waals surface area contributed by atoms with E-state index in [1.165, 1.54) is 18.2 Å². The number of carboxylic acid groups (broad SMARTS) is 1. The highest BCUT2D eigenvalue weighted by atomic mass is 35.5. The predicted octanol–water partition coefficient (Wildman–Crippen LogP) is 6.04. The SMILES string of the molecule is O=C(O)N(CCOc1ccc(Oc2cccc(Cl)c2)cc1Cl)CC(F)(F)C(F)F. The molecule has 0 saturated heterocycles. The average Bonchev–Trinajstić information content (AvgIpc) is 2.62. The molecule has 0 unspecified atom stereocenters. The van der Waals surface area contributed by atoms with E-state index >= 15 is 0 Å². The van der Waals surface area contributed by atoms with Crippen LogP contribution in [-0.4, -0.2) is 48.1 Å². The van der Waals surface area contributed by atoms with E-state index in [9.17, 15) is 22.4 Å². The van der Waals surface area contributed by atoms with Crippen molar-refractivity contribution < 1.29 is 36.9 Å². The summed E-state index contributed by atoms with van der Waals surface area (Å²) in [6, 6.07) is 11.0. The Balaban J connectivity index is 1.95. The molecular formula is C18H15Cl2F4NO4. The molecule has 1 amide bonds. The number of amides is 1. The highest BCUT2D eigenvalue weighted by Gasteiger charge is 2.43. The van der Waals surface area contributed by atoms with Crippen LogP contribution < -0.4 is 9.47 Å². The monoisotopic (exact) mass is 455 g/mol. The molecule has 0 radical (unpaired) electrons. The number of carbonyl (C=O) groups is 1. The van der Waals surface area contributed by atoms with Crippen LogP contribution in [0.2, 0.25) is 10.0 Å². The van der Waals surface area contributed by atoms with Gasteiger partial charge in [0.1, 0.15) is 23.9 Å². The Bertz CT molecular complexity index is 854. The van der Waals surface area contributed by atoms with Gasteiger partial charge in [-0.2, -0.15) is 8.78 Å². The molecule has 0 saturated carbocycles. The Kier molecular flexibility index (Phi) is 7.80. The smallest absolute Gasteiger partial charge is 0.407 e. The van der Waals surface area contributed by atoms with Crippen LogP contribution in [0.3, 0.4) is 0 Å². The maximum Gasteiger partial charge on any atom is 0.407 e. The summed E-state index contributed by atoms with van der Waals surface area (Å²) >= 11 is 11.9. The van der Waals surface area contributed by atoms with Crippen LogP contribution in [0.25, 0.3) is 0 Å². The fourth-order valence-electron chi connectivity index (χ4n) is 2.16. The summed E-state index contributed by atoms with van der Waals surface area (Å²) in [5.74, 6) is -3.49. The summed E-state index contributed by atoms with van der Waals surface area (Å²) in [7, 11) is 0. The Hall–Kier alpha value is -2.39. The number of halogens is 6. The number of ether oxygens (including phenoxy) is 2. The minimum absolute atomic E-state index is 0.115. The minimum Gasteiger partial charge on any atom is -0.490 e. The van der Waals surface area contributed by atoms with E-state index in [1.807, 2.05) is 0 Å². The molecule has 29 heavy (non-hydrogen) atoms. The molecule has 0 heterocycles. The molecule has 0 aliphatic carbocycles. The van der Waals surface area contributed by atoms with E-state index in [-0.39, 0.29) is 22.3 Å². The summed E-state index contributed by atoms with van der Waals surface area (Å²) in [6.45, 7) is -2.59. The van der Waals surface area contributed by atoms with Gasteiger partial charge in [0.05, 0.1) is 18.1 Å². The maximum atomic E-state index is 13.1.